The zero-order valence-corrected chi connectivity index (χ0v) is 15.6. The number of sulfonamides is 1. The van der Waals surface area contributed by atoms with Crippen LogP contribution in [0.1, 0.15) is 24.8 Å². The van der Waals surface area contributed by atoms with Crippen molar-refractivity contribution in [3.05, 3.63) is 23.8 Å². The molecule has 25 heavy (non-hydrogen) atoms. The molecule has 1 aromatic carbocycles. The van der Waals surface area contributed by atoms with E-state index in [4.69, 9.17) is 9.47 Å². The predicted molar refractivity (Wildman–Crippen MR) is 95.5 cm³/mol. The number of hydrogen-bond donors (Lipinski definition) is 1. The number of nitrogens with zero attached hydrogens (tertiary/aromatic N) is 1. The van der Waals surface area contributed by atoms with Crippen LogP contribution in [-0.2, 0) is 21.2 Å². The number of piperidine rings is 1. The molecule has 8 heteroatoms. The van der Waals surface area contributed by atoms with E-state index in [9.17, 15) is 13.2 Å². The molecule has 0 unspecified atom stereocenters. The van der Waals surface area contributed by atoms with Crippen molar-refractivity contribution in [2.75, 3.05) is 39.6 Å². The number of methoxy groups -OCH3 is 2. The Balaban J connectivity index is 1.82. The topological polar surface area (TPSA) is 84.9 Å². The Labute approximate surface area is 149 Å². The van der Waals surface area contributed by atoms with Gasteiger partial charge in [-0.1, -0.05) is 12.5 Å². The summed E-state index contributed by atoms with van der Waals surface area (Å²) < 4.78 is 36.3. The number of hydrogen-bond acceptors (Lipinski definition) is 5. The van der Waals surface area contributed by atoms with E-state index in [1.807, 2.05) is 0 Å². The molecule has 0 radical (unpaired) electrons. The van der Waals surface area contributed by atoms with E-state index >= 15 is 0 Å². The second-order valence-electron chi connectivity index (χ2n) is 5.99. The average Bonchev–Trinajstić information content (AvgIpc) is 2.62. The van der Waals surface area contributed by atoms with Crippen molar-refractivity contribution in [2.24, 2.45) is 0 Å². The highest BCUT2D eigenvalue weighted by molar-refractivity contribution is 7.89. The van der Waals surface area contributed by atoms with Crippen LogP contribution in [0.25, 0.3) is 0 Å². The largest absolute Gasteiger partial charge is 0.493 e. The van der Waals surface area contributed by atoms with Crippen molar-refractivity contribution < 1.29 is 22.7 Å². The van der Waals surface area contributed by atoms with Gasteiger partial charge in [-0.05, 0) is 30.5 Å². The first-order valence-corrected chi connectivity index (χ1v) is 10.0. The summed E-state index contributed by atoms with van der Waals surface area (Å²) in [5, 5.41) is 2.68. The summed E-state index contributed by atoms with van der Waals surface area (Å²) in [4.78, 5) is 12.0. The van der Waals surface area contributed by atoms with Crippen LogP contribution >= 0.6 is 0 Å². The highest BCUT2D eigenvalue weighted by atomic mass is 32.2. The molecule has 140 valence electrons. The maximum absolute atomic E-state index is 12.2. The molecule has 1 fully saturated rings. The summed E-state index contributed by atoms with van der Waals surface area (Å²) in [6, 6.07) is 5.26. The van der Waals surface area contributed by atoms with Crippen LogP contribution in [0.3, 0.4) is 0 Å². The minimum absolute atomic E-state index is 0.0648. The summed E-state index contributed by atoms with van der Waals surface area (Å²) in [5.74, 6) is 0.867. The number of ether oxygens (including phenoxy) is 2. The van der Waals surface area contributed by atoms with E-state index < -0.39 is 10.0 Å². The normalized spacial score (nSPS) is 15.6. The molecule has 0 aromatic heterocycles. The second-order valence-corrected chi connectivity index (χ2v) is 8.08. The van der Waals surface area contributed by atoms with E-state index in [-0.39, 0.29) is 24.6 Å². The molecule has 7 nitrogen and oxygen atoms in total. The molecule has 1 aliphatic rings. The zero-order chi connectivity index (χ0) is 18.3. The third-order valence-electron chi connectivity index (χ3n) is 4.20. The fourth-order valence-corrected chi connectivity index (χ4v) is 4.26. The number of benzene rings is 1. The van der Waals surface area contributed by atoms with Gasteiger partial charge in [-0.15, -0.1) is 0 Å². The highest BCUT2D eigenvalue weighted by Gasteiger charge is 2.23. The maximum atomic E-state index is 12.2. The summed E-state index contributed by atoms with van der Waals surface area (Å²) in [6.07, 6.45) is 3.05. The monoisotopic (exact) mass is 370 g/mol. The summed E-state index contributed by atoms with van der Waals surface area (Å²) >= 11 is 0. The standard InChI is InChI=1S/C17H26N2O5S/c1-23-15-7-6-14(12-16(15)24-2)13-17(20)18-8-11-25(21,22)19-9-4-3-5-10-19/h6-7,12H,3-5,8-11,13H2,1-2H3,(H,18,20). The van der Waals surface area contributed by atoms with Crippen LogP contribution in [0.15, 0.2) is 18.2 Å². The first-order valence-electron chi connectivity index (χ1n) is 8.41. The molecule has 0 atom stereocenters. The number of amides is 1. The lowest BCUT2D eigenvalue weighted by Crippen LogP contribution is -2.40. The van der Waals surface area contributed by atoms with Gasteiger partial charge < -0.3 is 14.8 Å². The van der Waals surface area contributed by atoms with Crippen molar-refractivity contribution in [1.29, 1.82) is 0 Å². The van der Waals surface area contributed by atoms with Crippen molar-refractivity contribution >= 4 is 15.9 Å². The smallest absolute Gasteiger partial charge is 0.224 e. The third-order valence-corrected chi connectivity index (χ3v) is 6.08. The van der Waals surface area contributed by atoms with Gasteiger partial charge in [-0.3, -0.25) is 4.79 Å². The SMILES string of the molecule is COc1ccc(CC(=O)NCCS(=O)(=O)N2CCCCC2)cc1OC. The Morgan fingerprint density at radius 1 is 1.12 bits per heavy atom. The van der Waals surface area contributed by atoms with Gasteiger partial charge in [0.1, 0.15) is 0 Å². The van der Waals surface area contributed by atoms with Crippen molar-refractivity contribution in [1.82, 2.24) is 9.62 Å². The molecule has 2 rings (SSSR count). The molecule has 1 aromatic rings. The third kappa shape index (κ3) is 5.61. The van der Waals surface area contributed by atoms with Crippen LogP contribution in [0.2, 0.25) is 0 Å². The molecule has 0 spiro atoms. The van der Waals surface area contributed by atoms with Gasteiger partial charge in [0.15, 0.2) is 11.5 Å². The summed E-state index contributed by atoms with van der Waals surface area (Å²) in [5.41, 5.74) is 0.772. The van der Waals surface area contributed by atoms with Gasteiger partial charge in [0, 0.05) is 19.6 Å². The molecular weight excluding hydrogens is 344 g/mol. The second kappa shape index (κ2) is 9.05. The molecule has 0 aliphatic carbocycles. The van der Waals surface area contributed by atoms with Gasteiger partial charge in [0.05, 0.1) is 26.4 Å². The number of rotatable bonds is 8. The van der Waals surface area contributed by atoms with Crippen LogP contribution < -0.4 is 14.8 Å². The fraction of sp³-hybridized carbons (Fsp3) is 0.588. The van der Waals surface area contributed by atoms with Gasteiger partial charge in [0.25, 0.3) is 0 Å². The Hall–Kier alpha value is -1.80. The molecule has 1 N–H and O–H groups in total. The number of carbonyl (C=O) groups excluding carboxylic acids is 1. The molecule has 0 saturated carbocycles. The first-order chi connectivity index (χ1) is 12.0. The Bertz CT molecular complexity index is 684. The molecule has 1 heterocycles. The quantitative estimate of drug-likeness (QED) is 0.743. The predicted octanol–water partition coefficient (Wildman–Crippen LogP) is 1.18. The lowest BCUT2D eigenvalue weighted by Gasteiger charge is -2.25. The highest BCUT2D eigenvalue weighted by Crippen LogP contribution is 2.27. The minimum Gasteiger partial charge on any atom is -0.493 e. The summed E-state index contributed by atoms with van der Waals surface area (Å²) in [6.45, 7) is 1.29. The van der Waals surface area contributed by atoms with Gasteiger partial charge in [0.2, 0.25) is 15.9 Å². The Morgan fingerprint density at radius 2 is 1.80 bits per heavy atom. The number of carbonyl (C=O) groups is 1. The van der Waals surface area contributed by atoms with Crippen molar-refractivity contribution in [2.45, 2.75) is 25.7 Å². The first kappa shape index (κ1) is 19.5. The number of nitrogens with one attached hydrogen (secondary N) is 1. The van der Waals surface area contributed by atoms with Crippen LogP contribution in [-0.4, -0.2) is 58.2 Å². The van der Waals surface area contributed by atoms with E-state index in [0.717, 1.165) is 24.8 Å². The van der Waals surface area contributed by atoms with Gasteiger partial charge >= 0.3 is 0 Å². The average molecular weight is 370 g/mol. The van der Waals surface area contributed by atoms with Crippen molar-refractivity contribution in [3.8, 4) is 11.5 Å². The minimum atomic E-state index is -3.29. The Morgan fingerprint density at radius 3 is 2.44 bits per heavy atom. The maximum Gasteiger partial charge on any atom is 0.224 e. The van der Waals surface area contributed by atoms with Gasteiger partial charge in [-0.25, -0.2) is 12.7 Å². The fourth-order valence-electron chi connectivity index (χ4n) is 2.83. The molecule has 1 saturated heterocycles. The van der Waals surface area contributed by atoms with Crippen molar-refractivity contribution in [3.63, 3.8) is 0 Å². The van der Waals surface area contributed by atoms with Crippen LogP contribution in [0.5, 0.6) is 11.5 Å². The molecule has 0 bridgehead atoms. The van der Waals surface area contributed by atoms with E-state index in [0.29, 0.717) is 24.6 Å². The van der Waals surface area contributed by atoms with Crippen LogP contribution in [0.4, 0.5) is 0 Å². The lowest BCUT2D eigenvalue weighted by molar-refractivity contribution is -0.120. The molecule has 1 amide bonds. The Kier molecular flexibility index (Phi) is 7.07. The zero-order valence-electron chi connectivity index (χ0n) is 14.8. The van der Waals surface area contributed by atoms with E-state index in [1.54, 1.807) is 25.3 Å². The van der Waals surface area contributed by atoms with Gasteiger partial charge in [-0.2, -0.15) is 0 Å². The summed E-state index contributed by atoms with van der Waals surface area (Å²) in [7, 11) is -0.206. The molecular formula is C17H26N2O5S. The van der Waals surface area contributed by atoms with E-state index in [2.05, 4.69) is 5.32 Å². The van der Waals surface area contributed by atoms with Crippen LogP contribution in [0, 0.1) is 0 Å². The molecule has 1 aliphatic heterocycles. The lowest BCUT2D eigenvalue weighted by atomic mass is 10.1. The van der Waals surface area contributed by atoms with E-state index in [1.165, 1.54) is 11.4 Å².